The van der Waals surface area contributed by atoms with Gasteiger partial charge in [0.1, 0.15) is 11.4 Å². The van der Waals surface area contributed by atoms with E-state index < -0.39 is 23.4 Å². The number of imide groups is 1. The number of rotatable bonds is 7. The Morgan fingerprint density at radius 2 is 1.94 bits per heavy atom. The molecule has 1 saturated carbocycles. The Morgan fingerprint density at radius 1 is 1.19 bits per heavy atom. The maximum Gasteiger partial charge on any atom is 0.344 e. The summed E-state index contributed by atoms with van der Waals surface area (Å²) in [5.41, 5.74) is 2.42. The molecule has 1 aromatic heterocycles. The average Bonchev–Trinajstić information content (AvgIpc) is 3.31. The highest BCUT2D eigenvalue weighted by Gasteiger charge is 2.52. The summed E-state index contributed by atoms with van der Waals surface area (Å²) in [5.74, 6) is -1.17. The number of carbonyl (C=O) groups is 3. The molecule has 164 valence electrons. The summed E-state index contributed by atoms with van der Waals surface area (Å²) >= 11 is 2.43. The number of hydrogen-bond acceptors (Lipinski definition) is 8. The van der Waals surface area contributed by atoms with Crippen LogP contribution in [-0.4, -0.2) is 44.3 Å². The number of hydrazine groups is 1. The van der Waals surface area contributed by atoms with Gasteiger partial charge in [-0.15, -0.1) is 10.2 Å². The first-order valence-corrected chi connectivity index (χ1v) is 11.7. The lowest BCUT2D eigenvalue weighted by Crippen LogP contribution is -2.51. The van der Waals surface area contributed by atoms with Gasteiger partial charge in [0.2, 0.25) is 11.0 Å². The molecule has 0 radical (unpaired) electrons. The topological polar surface area (TPSA) is 116 Å². The summed E-state index contributed by atoms with van der Waals surface area (Å²) in [7, 11) is 0. The maximum absolute atomic E-state index is 12.9. The van der Waals surface area contributed by atoms with E-state index in [1.54, 1.807) is 12.1 Å². The molecule has 1 aromatic carbocycles. The van der Waals surface area contributed by atoms with Crippen molar-refractivity contribution in [3.05, 3.63) is 35.6 Å². The van der Waals surface area contributed by atoms with Gasteiger partial charge in [-0.25, -0.2) is 9.18 Å². The molecule has 2 heterocycles. The Morgan fingerprint density at radius 3 is 2.68 bits per heavy atom. The minimum absolute atomic E-state index is 0.0172. The molecule has 1 spiro atoms. The normalized spacial score (nSPS) is 17.6. The van der Waals surface area contributed by atoms with E-state index in [0.717, 1.165) is 41.6 Å². The van der Waals surface area contributed by atoms with Gasteiger partial charge < -0.3 is 10.6 Å². The third kappa shape index (κ3) is 4.96. The van der Waals surface area contributed by atoms with Crippen molar-refractivity contribution in [2.45, 2.75) is 48.5 Å². The molecule has 12 heteroatoms. The smallest absolute Gasteiger partial charge is 0.344 e. The number of halogens is 1. The van der Waals surface area contributed by atoms with E-state index in [0.29, 0.717) is 28.9 Å². The van der Waals surface area contributed by atoms with Crippen LogP contribution in [0.15, 0.2) is 28.6 Å². The number of urea groups is 1. The lowest BCUT2D eigenvalue weighted by Gasteiger charge is -2.30. The zero-order valence-electron chi connectivity index (χ0n) is 16.5. The zero-order chi connectivity index (χ0) is 21.8. The summed E-state index contributed by atoms with van der Waals surface area (Å²) in [6, 6.07) is 5.54. The molecule has 3 N–H and O–H groups in total. The highest BCUT2D eigenvalue weighted by atomic mass is 32.2. The van der Waals surface area contributed by atoms with E-state index in [2.05, 4.69) is 26.3 Å². The molecule has 9 nitrogen and oxygen atoms in total. The van der Waals surface area contributed by atoms with Crippen LogP contribution in [0.1, 0.15) is 37.7 Å². The molecule has 31 heavy (non-hydrogen) atoms. The Balaban J connectivity index is 1.25. The van der Waals surface area contributed by atoms with Gasteiger partial charge in [-0.3, -0.25) is 15.0 Å². The van der Waals surface area contributed by atoms with Gasteiger partial charge in [0.15, 0.2) is 4.34 Å². The SMILES string of the molecule is O=C(CSc1nnc(NCc2ccc(F)cc2)s1)NN1C(=O)NC2(CCCCC2)C1=O. The van der Waals surface area contributed by atoms with Crippen LogP contribution in [0.3, 0.4) is 0 Å². The number of thioether (sulfide) groups is 1. The Kier molecular flexibility index (Phi) is 6.37. The van der Waals surface area contributed by atoms with Crippen LogP contribution in [0.2, 0.25) is 0 Å². The molecular weight excluding hydrogens is 443 g/mol. The van der Waals surface area contributed by atoms with Crippen molar-refractivity contribution in [1.29, 1.82) is 0 Å². The summed E-state index contributed by atoms with van der Waals surface area (Å²) < 4.78 is 13.5. The van der Waals surface area contributed by atoms with Crippen molar-refractivity contribution < 1.29 is 18.8 Å². The average molecular weight is 465 g/mol. The maximum atomic E-state index is 12.9. The number of carbonyl (C=O) groups excluding carboxylic acids is 3. The molecule has 0 bridgehead atoms. The standard InChI is InChI=1S/C19H21FN6O3S2/c20-13-6-4-12(5-7-13)10-21-16-23-24-18(31-16)30-11-14(27)25-26-15(28)19(22-17(26)29)8-2-1-3-9-19/h4-7H,1-3,8-11H2,(H,21,23)(H,22,29)(H,25,27). The number of benzene rings is 1. The molecule has 0 unspecified atom stereocenters. The molecule has 2 fully saturated rings. The largest absolute Gasteiger partial charge is 0.356 e. The third-order valence-electron chi connectivity index (χ3n) is 5.20. The lowest BCUT2D eigenvalue weighted by atomic mass is 9.82. The number of amides is 4. The first-order valence-electron chi connectivity index (χ1n) is 9.86. The second kappa shape index (κ2) is 9.18. The molecule has 1 aliphatic carbocycles. The Bertz CT molecular complexity index is 977. The fraction of sp³-hybridized carbons (Fsp3) is 0.421. The molecule has 2 aromatic rings. The molecule has 4 amide bonds. The summed E-state index contributed by atoms with van der Waals surface area (Å²) in [6.07, 6.45) is 3.97. The number of hydrogen-bond donors (Lipinski definition) is 3. The van der Waals surface area contributed by atoms with E-state index in [1.165, 1.54) is 23.5 Å². The number of nitrogens with one attached hydrogen (secondary N) is 3. The van der Waals surface area contributed by atoms with E-state index in [-0.39, 0.29) is 11.6 Å². The van der Waals surface area contributed by atoms with E-state index in [4.69, 9.17) is 0 Å². The van der Waals surface area contributed by atoms with Crippen LogP contribution in [0, 0.1) is 5.82 Å². The van der Waals surface area contributed by atoms with Crippen LogP contribution < -0.4 is 16.1 Å². The summed E-state index contributed by atoms with van der Waals surface area (Å²) in [5, 5.41) is 15.2. The molecule has 4 rings (SSSR count). The summed E-state index contributed by atoms with van der Waals surface area (Å²) in [4.78, 5) is 37.2. The van der Waals surface area contributed by atoms with Crippen LogP contribution in [0.5, 0.6) is 0 Å². The predicted octanol–water partition coefficient (Wildman–Crippen LogP) is 2.67. The zero-order valence-corrected chi connectivity index (χ0v) is 18.2. The van der Waals surface area contributed by atoms with Gasteiger partial charge in [0, 0.05) is 6.54 Å². The van der Waals surface area contributed by atoms with Gasteiger partial charge in [-0.1, -0.05) is 54.5 Å². The minimum Gasteiger partial charge on any atom is -0.356 e. The van der Waals surface area contributed by atoms with Gasteiger partial charge in [-0.2, -0.15) is 5.01 Å². The highest BCUT2D eigenvalue weighted by Crippen LogP contribution is 2.33. The van der Waals surface area contributed by atoms with E-state index in [9.17, 15) is 18.8 Å². The first-order chi connectivity index (χ1) is 14.9. The molecule has 0 atom stereocenters. The van der Waals surface area contributed by atoms with Gasteiger partial charge in [0.05, 0.1) is 5.75 Å². The first kappa shape index (κ1) is 21.5. The Labute approximate surface area is 186 Å². The van der Waals surface area contributed by atoms with Crippen LogP contribution in [0.4, 0.5) is 14.3 Å². The molecule has 2 aliphatic rings. The van der Waals surface area contributed by atoms with Crippen LogP contribution in [0.25, 0.3) is 0 Å². The van der Waals surface area contributed by atoms with Crippen LogP contribution in [-0.2, 0) is 16.1 Å². The van der Waals surface area contributed by atoms with Crippen molar-refractivity contribution in [3.8, 4) is 0 Å². The fourth-order valence-corrected chi connectivity index (χ4v) is 5.16. The van der Waals surface area contributed by atoms with Crippen molar-refractivity contribution in [1.82, 2.24) is 25.9 Å². The minimum atomic E-state index is -0.875. The quantitative estimate of drug-likeness (QED) is 0.426. The van der Waals surface area contributed by atoms with Gasteiger partial charge in [-0.05, 0) is 30.5 Å². The number of anilines is 1. The van der Waals surface area contributed by atoms with Gasteiger partial charge >= 0.3 is 6.03 Å². The molecular formula is C19H21FN6O3S2. The second-order valence-electron chi connectivity index (χ2n) is 7.39. The highest BCUT2D eigenvalue weighted by molar-refractivity contribution is 8.01. The van der Waals surface area contributed by atoms with Crippen molar-refractivity contribution in [2.24, 2.45) is 0 Å². The van der Waals surface area contributed by atoms with E-state index >= 15 is 0 Å². The fourth-order valence-electron chi connectivity index (χ4n) is 3.62. The number of nitrogens with zero attached hydrogens (tertiary/aromatic N) is 3. The molecule has 1 aliphatic heterocycles. The van der Waals surface area contributed by atoms with Crippen molar-refractivity contribution in [2.75, 3.05) is 11.1 Å². The lowest BCUT2D eigenvalue weighted by molar-refractivity contribution is -0.139. The third-order valence-corrected chi connectivity index (χ3v) is 7.21. The second-order valence-corrected chi connectivity index (χ2v) is 9.59. The number of aromatic nitrogens is 2. The van der Waals surface area contributed by atoms with Crippen LogP contribution >= 0.6 is 23.1 Å². The van der Waals surface area contributed by atoms with Crippen molar-refractivity contribution >= 4 is 46.1 Å². The van der Waals surface area contributed by atoms with E-state index in [1.807, 2.05) is 0 Å². The summed E-state index contributed by atoms with van der Waals surface area (Å²) in [6.45, 7) is 0.466. The monoisotopic (exact) mass is 464 g/mol. The Hall–Kier alpha value is -2.73. The molecule has 1 saturated heterocycles. The predicted molar refractivity (Wildman–Crippen MR) is 114 cm³/mol. The van der Waals surface area contributed by atoms with Crippen molar-refractivity contribution in [3.63, 3.8) is 0 Å². The van der Waals surface area contributed by atoms with Gasteiger partial charge in [0.25, 0.3) is 5.91 Å².